The van der Waals surface area contributed by atoms with Crippen molar-refractivity contribution in [1.29, 1.82) is 0 Å². The quantitative estimate of drug-likeness (QED) is 0.180. The summed E-state index contributed by atoms with van der Waals surface area (Å²) < 4.78 is 16.0. The molecule has 0 amide bonds. The molecule has 0 bridgehead atoms. The molecule has 0 atom stereocenters. The molecule has 154 valence electrons. The molecule has 0 saturated heterocycles. The Morgan fingerprint density at radius 2 is 1.96 bits per heavy atom. The van der Waals surface area contributed by atoms with Crippen molar-refractivity contribution >= 4 is 35.9 Å². The summed E-state index contributed by atoms with van der Waals surface area (Å²) in [6.07, 6.45) is 0.839. The first kappa shape index (κ1) is 23.8. The van der Waals surface area contributed by atoms with Crippen molar-refractivity contribution in [2.45, 2.75) is 26.8 Å². The lowest BCUT2D eigenvalue weighted by Gasteiger charge is -2.11. The number of nitrogens with zero attached hydrogens (tertiary/aromatic N) is 1. The number of methoxy groups -OCH3 is 1. The molecular weight excluding hydrogens is 473 g/mol. The van der Waals surface area contributed by atoms with Crippen molar-refractivity contribution in [2.24, 2.45) is 4.99 Å². The summed E-state index contributed by atoms with van der Waals surface area (Å²) in [5.74, 6) is 2.29. The van der Waals surface area contributed by atoms with E-state index >= 15 is 0 Å². The number of hydrogen-bond donors (Lipinski definition) is 2. The number of aliphatic imine (C=N–C) groups is 1. The van der Waals surface area contributed by atoms with E-state index in [1.165, 1.54) is 7.11 Å². The lowest BCUT2D eigenvalue weighted by Crippen LogP contribution is -2.38. The van der Waals surface area contributed by atoms with E-state index in [0.717, 1.165) is 25.3 Å². The first-order chi connectivity index (χ1) is 13.1. The van der Waals surface area contributed by atoms with Crippen LogP contribution < -0.4 is 15.4 Å². The van der Waals surface area contributed by atoms with Crippen molar-refractivity contribution in [1.82, 2.24) is 10.6 Å². The van der Waals surface area contributed by atoms with Crippen LogP contribution in [0.25, 0.3) is 0 Å². The van der Waals surface area contributed by atoms with Crippen LogP contribution in [0.5, 0.6) is 5.75 Å². The molecule has 0 fully saturated rings. The van der Waals surface area contributed by atoms with Crippen LogP contribution >= 0.6 is 24.0 Å². The molecule has 0 aliphatic carbocycles. The van der Waals surface area contributed by atoms with Crippen LogP contribution in [0.4, 0.5) is 0 Å². The van der Waals surface area contributed by atoms with E-state index in [1.54, 1.807) is 13.0 Å². The average molecular weight is 501 g/mol. The zero-order valence-electron chi connectivity index (χ0n) is 16.5. The van der Waals surface area contributed by atoms with E-state index in [-0.39, 0.29) is 24.0 Å². The van der Waals surface area contributed by atoms with Crippen molar-refractivity contribution in [3.8, 4) is 5.75 Å². The molecule has 0 unspecified atom stereocenters. The monoisotopic (exact) mass is 501 g/mol. The highest BCUT2D eigenvalue weighted by Crippen LogP contribution is 2.16. The number of aryl methyl sites for hydroxylation is 1. The van der Waals surface area contributed by atoms with Gasteiger partial charge in [0.25, 0.3) is 0 Å². The maximum Gasteiger partial charge on any atom is 0.341 e. The minimum absolute atomic E-state index is 0. The number of carbonyl (C=O) groups is 1. The van der Waals surface area contributed by atoms with Gasteiger partial charge < -0.3 is 24.5 Å². The number of benzene rings is 1. The van der Waals surface area contributed by atoms with E-state index in [0.29, 0.717) is 36.2 Å². The Labute approximate surface area is 182 Å². The predicted molar refractivity (Wildman–Crippen MR) is 120 cm³/mol. The minimum atomic E-state index is -0.407. The summed E-state index contributed by atoms with van der Waals surface area (Å²) in [5, 5.41) is 6.44. The average Bonchev–Trinajstić information content (AvgIpc) is 3.06. The van der Waals surface area contributed by atoms with Crippen LogP contribution in [0.2, 0.25) is 0 Å². The molecule has 1 aromatic carbocycles. The second-order valence-electron chi connectivity index (χ2n) is 5.81. The van der Waals surface area contributed by atoms with E-state index in [4.69, 9.17) is 13.9 Å². The van der Waals surface area contributed by atoms with E-state index < -0.39 is 5.97 Å². The number of carbonyl (C=O) groups excluding carboxylic acids is 1. The summed E-state index contributed by atoms with van der Waals surface area (Å²) in [7, 11) is 1.35. The summed E-state index contributed by atoms with van der Waals surface area (Å²) in [6.45, 7) is 6.15. The van der Waals surface area contributed by atoms with Gasteiger partial charge in [0.15, 0.2) is 5.96 Å². The molecule has 0 aliphatic rings. The summed E-state index contributed by atoms with van der Waals surface area (Å²) in [5.41, 5.74) is 0.429. The first-order valence-electron chi connectivity index (χ1n) is 9.01. The Balaban J connectivity index is 0.00000392. The molecule has 0 radical (unpaired) electrons. The van der Waals surface area contributed by atoms with Crippen LogP contribution in [0.1, 0.15) is 35.2 Å². The zero-order chi connectivity index (χ0) is 19.5. The lowest BCUT2D eigenvalue weighted by molar-refractivity contribution is 0.0599. The van der Waals surface area contributed by atoms with Gasteiger partial charge in [-0.1, -0.05) is 18.2 Å². The van der Waals surface area contributed by atoms with Crippen LogP contribution in [-0.4, -0.2) is 38.7 Å². The van der Waals surface area contributed by atoms with Gasteiger partial charge in [0.2, 0.25) is 0 Å². The zero-order valence-corrected chi connectivity index (χ0v) is 18.8. The largest absolute Gasteiger partial charge is 0.494 e. The van der Waals surface area contributed by atoms with Gasteiger partial charge in [-0.05, 0) is 38.5 Å². The SMILES string of the molecule is CCNC(=NCc1cc(C(=O)OC)c(C)o1)NCCCOc1ccccc1.I. The second-order valence-corrected chi connectivity index (χ2v) is 5.81. The van der Waals surface area contributed by atoms with Crippen molar-refractivity contribution in [3.63, 3.8) is 0 Å². The van der Waals surface area contributed by atoms with Gasteiger partial charge in [0, 0.05) is 13.1 Å². The third-order valence-electron chi connectivity index (χ3n) is 3.74. The van der Waals surface area contributed by atoms with Gasteiger partial charge in [0.05, 0.1) is 13.7 Å². The number of esters is 1. The third kappa shape index (κ3) is 7.79. The number of guanidine groups is 1. The molecule has 8 heteroatoms. The first-order valence-corrected chi connectivity index (χ1v) is 9.01. The molecule has 1 aromatic heterocycles. The molecule has 0 aliphatic heterocycles. The molecule has 2 aromatic rings. The van der Waals surface area contributed by atoms with Crippen LogP contribution in [0.3, 0.4) is 0 Å². The molecule has 0 saturated carbocycles. The fraction of sp³-hybridized carbons (Fsp3) is 0.400. The Kier molecular flexibility index (Phi) is 11.1. The Hall–Kier alpha value is -2.23. The highest BCUT2D eigenvalue weighted by Gasteiger charge is 2.15. The van der Waals surface area contributed by atoms with Gasteiger partial charge in [-0.15, -0.1) is 24.0 Å². The maximum absolute atomic E-state index is 11.6. The van der Waals surface area contributed by atoms with Gasteiger partial charge in [0.1, 0.15) is 29.4 Å². The molecule has 2 N–H and O–H groups in total. The normalized spacial score (nSPS) is 10.8. The fourth-order valence-corrected chi connectivity index (χ4v) is 2.42. The molecular formula is C20H28IN3O4. The van der Waals surface area contributed by atoms with E-state index in [2.05, 4.69) is 15.6 Å². The van der Waals surface area contributed by atoms with Crippen LogP contribution in [-0.2, 0) is 11.3 Å². The third-order valence-corrected chi connectivity index (χ3v) is 3.74. The number of nitrogens with one attached hydrogen (secondary N) is 2. The van der Waals surface area contributed by atoms with Crippen molar-refractivity contribution < 1.29 is 18.7 Å². The predicted octanol–water partition coefficient (Wildman–Crippen LogP) is 3.52. The number of ether oxygens (including phenoxy) is 2. The topological polar surface area (TPSA) is 85.1 Å². The summed E-state index contributed by atoms with van der Waals surface area (Å²) in [4.78, 5) is 16.1. The highest BCUT2D eigenvalue weighted by molar-refractivity contribution is 14.0. The second kappa shape index (κ2) is 13.0. The standard InChI is InChI=1S/C20H27N3O4.HI/c1-4-21-20(22-11-8-12-26-16-9-6-5-7-10-16)23-14-17-13-18(15(2)27-17)19(24)25-3;/h5-7,9-10,13H,4,8,11-12,14H2,1-3H3,(H2,21,22,23);1H. The maximum atomic E-state index is 11.6. The minimum Gasteiger partial charge on any atom is -0.494 e. The Morgan fingerprint density at radius 3 is 2.64 bits per heavy atom. The number of hydrogen-bond acceptors (Lipinski definition) is 5. The number of para-hydroxylation sites is 1. The Morgan fingerprint density at radius 1 is 1.21 bits per heavy atom. The molecule has 28 heavy (non-hydrogen) atoms. The van der Waals surface area contributed by atoms with Gasteiger partial charge in [-0.2, -0.15) is 0 Å². The van der Waals surface area contributed by atoms with Crippen LogP contribution in [0.15, 0.2) is 45.8 Å². The number of furan rings is 1. The van der Waals surface area contributed by atoms with E-state index in [9.17, 15) is 4.79 Å². The summed E-state index contributed by atoms with van der Waals surface area (Å²) >= 11 is 0. The number of halogens is 1. The molecule has 1 heterocycles. The van der Waals surface area contributed by atoms with Crippen molar-refractivity contribution in [2.75, 3.05) is 26.8 Å². The highest BCUT2D eigenvalue weighted by atomic mass is 127. The van der Waals surface area contributed by atoms with Crippen LogP contribution in [0, 0.1) is 6.92 Å². The Bertz CT molecular complexity index is 747. The van der Waals surface area contributed by atoms with Gasteiger partial charge >= 0.3 is 5.97 Å². The van der Waals surface area contributed by atoms with Gasteiger partial charge in [-0.25, -0.2) is 9.79 Å². The molecule has 2 rings (SSSR count). The fourth-order valence-electron chi connectivity index (χ4n) is 2.42. The van der Waals surface area contributed by atoms with E-state index in [1.807, 2.05) is 37.3 Å². The molecule has 0 spiro atoms. The van der Waals surface area contributed by atoms with Gasteiger partial charge in [-0.3, -0.25) is 0 Å². The molecule has 7 nitrogen and oxygen atoms in total. The van der Waals surface area contributed by atoms with Crippen molar-refractivity contribution in [3.05, 3.63) is 53.5 Å². The lowest BCUT2D eigenvalue weighted by atomic mass is 10.2. The smallest absolute Gasteiger partial charge is 0.341 e. The summed E-state index contributed by atoms with van der Waals surface area (Å²) in [6, 6.07) is 11.4. The number of rotatable bonds is 9.